The quantitative estimate of drug-likeness (QED) is 0.0528. The highest BCUT2D eigenvalue weighted by atomic mass is 32.2. The van der Waals surface area contributed by atoms with Crippen molar-refractivity contribution in [2.75, 3.05) is 22.3 Å². The molecule has 7 rings (SSSR count). The number of fused-ring (bicyclic) bond motifs is 1. The van der Waals surface area contributed by atoms with Gasteiger partial charge in [-0.1, -0.05) is 64.1 Å². The Balaban J connectivity index is 0.919. The molecule has 358 valence electrons. The van der Waals surface area contributed by atoms with E-state index in [9.17, 15) is 32.7 Å². The molecular formula is C49H54F2N8O7S2. The first kappa shape index (κ1) is 49.3. The molecule has 0 unspecified atom stereocenters. The van der Waals surface area contributed by atoms with E-state index < -0.39 is 68.5 Å². The second-order valence-corrected chi connectivity index (χ2v) is 20.6. The van der Waals surface area contributed by atoms with Crippen molar-refractivity contribution in [1.29, 1.82) is 0 Å². The Kier molecular flexibility index (Phi) is 15.1. The Morgan fingerprint density at radius 2 is 1.66 bits per heavy atom. The number of nitrogens with one attached hydrogen (secondary N) is 5. The van der Waals surface area contributed by atoms with Crippen LogP contribution in [0.2, 0.25) is 0 Å². The zero-order valence-electron chi connectivity index (χ0n) is 38.3. The van der Waals surface area contributed by atoms with Gasteiger partial charge in [0, 0.05) is 66.9 Å². The minimum atomic E-state index is -3.84. The lowest BCUT2D eigenvalue weighted by molar-refractivity contribution is -0.144. The van der Waals surface area contributed by atoms with Gasteiger partial charge in [-0.25, -0.2) is 27.2 Å². The summed E-state index contributed by atoms with van der Waals surface area (Å²) < 4.78 is 57.8. The maximum atomic E-state index is 15.7. The van der Waals surface area contributed by atoms with Crippen LogP contribution in [0.25, 0.3) is 43.7 Å². The molecule has 0 bridgehead atoms. The SMILES string of the molecule is CCCS(=O)(=O)Nc1ccc(F)c(-c2c[nH]c3ncc(-c4ccc(NC(=O)CCCC(=O)N[C@H](C(=O)N5C[C@H](O)C[C@H]5C(=O)NCc5ccc(-c6scnc6C)cc5)C(C)(C)C)cc4)cc23)c1F. The fourth-order valence-electron chi connectivity index (χ4n) is 8.13. The first-order valence-corrected chi connectivity index (χ1v) is 24.8. The number of H-pyrrole nitrogens is 1. The second kappa shape index (κ2) is 20.7. The lowest BCUT2D eigenvalue weighted by Gasteiger charge is -2.35. The normalized spacial score (nSPS) is 15.6. The van der Waals surface area contributed by atoms with E-state index in [-0.39, 0.29) is 61.7 Å². The van der Waals surface area contributed by atoms with Crippen molar-refractivity contribution in [3.8, 4) is 32.7 Å². The van der Waals surface area contributed by atoms with Gasteiger partial charge in [-0.2, -0.15) is 0 Å². The van der Waals surface area contributed by atoms with Crippen LogP contribution in [0.15, 0.2) is 84.6 Å². The number of sulfonamides is 1. The predicted octanol–water partition coefficient (Wildman–Crippen LogP) is 7.68. The van der Waals surface area contributed by atoms with Gasteiger partial charge in [0.25, 0.3) is 0 Å². The van der Waals surface area contributed by atoms with E-state index in [2.05, 4.69) is 35.6 Å². The molecule has 0 aliphatic carbocycles. The number of likely N-dealkylation sites (tertiary alicyclic amines) is 1. The summed E-state index contributed by atoms with van der Waals surface area (Å²) in [6.07, 6.45) is 2.57. The van der Waals surface area contributed by atoms with Crippen LogP contribution in [0.4, 0.5) is 20.2 Å². The number of amides is 4. The molecule has 19 heteroatoms. The van der Waals surface area contributed by atoms with E-state index in [0.717, 1.165) is 33.8 Å². The average molecular weight is 969 g/mol. The first-order valence-electron chi connectivity index (χ1n) is 22.2. The number of anilines is 2. The fourth-order valence-corrected chi connectivity index (χ4v) is 10.1. The summed E-state index contributed by atoms with van der Waals surface area (Å²) in [7, 11) is -3.84. The number of thiazole rings is 1. The number of benzene rings is 3. The molecule has 0 saturated carbocycles. The number of β-amino-alcohol motifs (C(OH)–C–C–N with tert-alkyl or cyclic N) is 1. The molecule has 0 spiro atoms. The van der Waals surface area contributed by atoms with Crippen molar-refractivity contribution in [3.05, 3.63) is 108 Å². The Morgan fingerprint density at radius 3 is 2.34 bits per heavy atom. The van der Waals surface area contributed by atoms with Gasteiger partial charge in [0.05, 0.1) is 39.2 Å². The Morgan fingerprint density at radius 1 is 0.956 bits per heavy atom. The molecule has 1 fully saturated rings. The average Bonchev–Trinajstić information content (AvgIpc) is 4.03. The van der Waals surface area contributed by atoms with Gasteiger partial charge in [0.2, 0.25) is 33.7 Å². The molecule has 1 aliphatic rings. The molecule has 6 aromatic rings. The van der Waals surface area contributed by atoms with Crippen molar-refractivity contribution in [2.45, 2.75) is 91.5 Å². The molecule has 68 heavy (non-hydrogen) atoms. The molecule has 1 saturated heterocycles. The molecule has 15 nitrogen and oxygen atoms in total. The number of carbonyl (C=O) groups is 4. The topological polar surface area (TPSA) is 216 Å². The van der Waals surface area contributed by atoms with Crippen LogP contribution in [0.1, 0.15) is 71.1 Å². The summed E-state index contributed by atoms with van der Waals surface area (Å²) >= 11 is 1.55. The maximum Gasteiger partial charge on any atom is 0.246 e. The van der Waals surface area contributed by atoms with E-state index >= 15 is 8.78 Å². The van der Waals surface area contributed by atoms with Gasteiger partial charge in [-0.3, -0.25) is 23.9 Å². The number of hydrogen-bond acceptors (Lipinski definition) is 10. The lowest BCUT2D eigenvalue weighted by Crippen LogP contribution is -2.57. The first-order chi connectivity index (χ1) is 32.3. The maximum absolute atomic E-state index is 15.7. The van der Waals surface area contributed by atoms with Crippen molar-refractivity contribution in [1.82, 2.24) is 30.5 Å². The van der Waals surface area contributed by atoms with Gasteiger partial charge in [-0.05, 0) is 72.2 Å². The van der Waals surface area contributed by atoms with Gasteiger partial charge in [0.15, 0.2) is 5.82 Å². The number of aliphatic hydroxyl groups excluding tert-OH is 1. The van der Waals surface area contributed by atoms with Gasteiger partial charge >= 0.3 is 0 Å². The Labute approximate surface area is 397 Å². The third kappa shape index (κ3) is 11.6. The van der Waals surface area contributed by atoms with Crippen LogP contribution in [-0.4, -0.2) is 87.5 Å². The number of hydrogen-bond donors (Lipinski definition) is 6. The highest BCUT2D eigenvalue weighted by Crippen LogP contribution is 2.37. The zero-order chi connectivity index (χ0) is 48.9. The molecule has 4 heterocycles. The fraction of sp³-hybridized carbons (Fsp3) is 0.347. The standard InChI is InChI=1S/C49H54F2N8O7S2/c1-6-20-68(65,66)58-38-19-18-37(50)42(43(38)51)36-25-53-46-35(36)21-32(24-52-46)30-14-16-33(17-15-30)56-40(61)8-7-9-41(62)57-45(49(3,4)5)48(64)59-26-34(60)22-39(59)47(63)54-23-29-10-12-31(13-11-29)44-28(2)55-27-67-44/h10-19,21,24-25,27,34,39,45,58,60H,6-9,20,22-23,26H2,1-5H3,(H,52,53)(H,54,63)(H,56,61)(H,57,62)/t34-,39+,45-/m1/s1. The number of carbonyl (C=O) groups excluding carboxylic acids is 4. The van der Waals surface area contributed by atoms with Crippen molar-refractivity contribution in [2.24, 2.45) is 5.41 Å². The summed E-state index contributed by atoms with van der Waals surface area (Å²) in [5.41, 5.74) is 5.36. The summed E-state index contributed by atoms with van der Waals surface area (Å²) in [5.74, 6) is -3.86. The van der Waals surface area contributed by atoms with Crippen LogP contribution >= 0.6 is 11.3 Å². The predicted molar refractivity (Wildman–Crippen MR) is 259 cm³/mol. The number of aromatic nitrogens is 3. The largest absolute Gasteiger partial charge is 0.391 e. The van der Waals surface area contributed by atoms with Gasteiger partial charge in [-0.15, -0.1) is 11.3 Å². The Hall–Kier alpha value is -6.57. The van der Waals surface area contributed by atoms with Crippen LogP contribution in [0.5, 0.6) is 0 Å². The Bertz CT molecular complexity index is 2930. The summed E-state index contributed by atoms with van der Waals surface area (Å²) in [6, 6.07) is 16.4. The number of aryl methyl sites for hydroxylation is 1. The number of aromatic amines is 1. The van der Waals surface area contributed by atoms with E-state index in [0.29, 0.717) is 34.3 Å². The summed E-state index contributed by atoms with van der Waals surface area (Å²) in [4.78, 5) is 67.8. The highest BCUT2D eigenvalue weighted by molar-refractivity contribution is 7.92. The molecule has 3 aromatic carbocycles. The molecule has 0 radical (unpaired) electrons. The van der Waals surface area contributed by atoms with Gasteiger partial charge in [0.1, 0.15) is 23.5 Å². The van der Waals surface area contributed by atoms with Crippen molar-refractivity contribution < 1.29 is 41.5 Å². The molecule has 3 atom stereocenters. The smallest absolute Gasteiger partial charge is 0.246 e. The van der Waals surface area contributed by atoms with Crippen molar-refractivity contribution in [3.63, 3.8) is 0 Å². The number of rotatable bonds is 17. The number of aliphatic hydroxyl groups is 1. The highest BCUT2D eigenvalue weighted by Gasteiger charge is 2.44. The molecule has 3 aromatic heterocycles. The molecule has 1 aliphatic heterocycles. The van der Waals surface area contributed by atoms with Crippen LogP contribution < -0.4 is 20.7 Å². The van der Waals surface area contributed by atoms with Gasteiger partial charge < -0.3 is 30.9 Å². The van der Waals surface area contributed by atoms with Crippen LogP contribution in [-0.2, 0) is 35.7 Å². The van der Waals surface area contributed by atoms with E-state index in [4.69, 9.17) is 0 Å². The number of pyridine rings is 1. The molecule has 4 amide bonds. The van der Waals surface area contributed by atoms with Crippen molar-refractivity contribution >= 4 is 67.4 Å². The number of halogens is 2. The molecular weight excluding hydrogens is 915 g/mol. The van der Waals surface area contributed by atoms with Crippen LogP contribution in [0, 0.1) is 24.0 Å². The third-order valence-electron chi connectivity index (χ3n) is 11.7. The lowest BCUT2D eigenvalue weighted by atomic mass is 9.85. The minimum absolute atomic E-state index is 0.00268. The summed E-state index contributed by atoms with van der Waals surface area (Å²) in [6.45, 7) is 9.18. The minimum Gasteiger partial charge on any atom is -0.391 e. The van der Waals surface area contributed by atoms with E-state index in [1.807, 2.05) is 31.2 Å². The van der Waals surface area contributed by atoms with Crippen LogP contribution in [0.3, 0.4) is 0 Å². The summed E-state index contributed by atoms with van der Waals surface area (Å²) in [5, 5.41) is 19.5. The monoisotopic (exact) mass is 968 g/mol. The third-order valence-corrected chi connectivity index (χ3v) is 14.1. The van der Waals surface area contributed by atoms with E-state index in [1.54, 1.807) is 81.1 Å². The zero-order valence-corrected chi connectivity index (χ0v) is 39.9. The van der Waals surface area contributed by atoms with E-state index in [1.165, 1.54) is 11.1 Å². The molecule has 6 N–H and O–H groups in total. The number of nitrogens with zero attached hydrogens (tertiary/aromatic N) is 3. The second-order valence-electron chi connectivity index (χ2n) is 18.0.